The quantitative estimate of drug-likeness (QED) is 0.868. The molecule has 0 aromatic heterocycles. The number of anilines is 1. The number of carbonyl (C=O) groups is 1. The van der Waals surface area contributed by atoms with Gasteiger partial charge in [-0.3, -0.25) is 0 Å². The average molecular weight is 284 g/mol. The van der Waals surface area contributed by atoms with E-state index in [0.717, 1.165) is 0 Å². The van der Waals surface area contributed by atoms with E-state index in [1.807, 2.05) is 36.4 Å². The summed E-state index contributed by atoms with van der Waals surface area (Å²) < 4.78 is 0. The van der Waals surface area contributed by atoms with Gasteiger partial charge in [-0.2, -0.15) is 10.5 Å². The van der Waals surface area contributed by atoms with E-state index in [1.54, 1.807) is 0 Å². The molecule has 1 N–H and O–H groups in total. The summed E-state index contributed by atoms with van der Waals surface area (Å²) in [7, 11) is 0. The standard InChI is InChI=1S/C16H20N4O/c1-13(2)14-5-7-15(8-6-14)19-16(21)20(11-3-9-17)12-4-10-18/h5-8,13H,3-4,11-12H2,1-2H3,(H,19,21). The minimum Gasteiger partial charge on any atom is -0.322 e. The van der Waals surface area contributed by atoms with Gasteiger partial charge in [0.05, 0.1) is 25.0 Å². The van der Waals surface area contributed by atoms with Crippen LogP contribution in [0.25, 0.3) is 0 Å². The van der Waals surface area contributed by atoms with Crippen LogP contribution in [-0.2, 0) is 0 Å². The molecular formula is C16H20N4O. The molecule has 0 saturated heterocycles. The molecule has 0 fully saturated rings. The van der Waals surface area contributed by atoms with Crippen molar-refractivity contribution < 1.29 is 4.79 Å². The number of rotatable bonds is 6. The number of nitrogens with zero attached hydrogens (tertiary/aromatic N) is 3. The van der Waals surface area contributed by atoms with Crippen molar-refractivity contribution in [3.8, 4) is 12.1 Å². The van der Waals surface area contributed by atoms with Crippen LogP contribution in [-0.4, -0.2) is 24.0 Å². The first-order chi connectivity index (χ1) is 10.1. The fraction of sp³-hybridized carbons (Fsp3) is 0.438. The summed E-state index contributed by atoms with van der Waals surface area (Å²) in [5, 5.41) is 20.0. The Bertz CT molecular complexity index is 519. The van der Waals surface area contributed by atoms with Crippen molar-refractivity contribution in [2.75, 3.05) is 18.4 Å². The molecule has 0 atom stereocenters. The minimum atomic E-state index is -0.280. The normalized spacial score (nSPS) is 9.76. The second-order valence-corrected chi connectivity index (χ2v) is 5.01. The van der Waals surface area contributed by atoms with E-state index < -0.39 is 0 Å². The first-order valence-electron chi connectivity index (χ1n) is 6.98. The molecule has 0 heterocycles. The first-order valence-corrected chi connectivity index (χ1v) is 6.98. The van der Waals surface area contributed by atoms with Crippen LogP contribution in [0.1, 0.15) is 38.2 Å². The molecule has 21 heavy (non-hydrogen) atoms. The molecule has 0 radical (unpaired) electrons. The van der Waals surface area contributed by atoms with Gasteiger partial charge in [0.25, 0.3) is 0 Å². The smallest absolute Gasteiger partial charge is 0.321 e. The van der Waals surface area contributed by atoms with Gasteiger partial charge in [-0.05, 0) is 23.6 Å². The van der Waals surface area contributed by atoms with Gasteiger partial charge in [0, 0.05) is 18.8 Å². The predicted octanol–water partition coefficient (Wildman–Crippen LogP) is 3.47. The Kier molecular flexibility index (Phi) is 6.77. The van der Waals surface area contributed by atoms with E-state index in [1.165, 1.54) is 10.5 Å². The van der Waals surface area contributed by atoms with Crippen molar-refractivity contribution in [2.24, 2.45) is 0 Å². The third-order valence-electron chi connectivity index (χ3n) is 3.10. The minimum absolute atomic E-state index is 0.255. The number of amides is 2. The van der Waals surface area contributed by atoms with Crippen molar-refractivity contribution in [2.45, 2.75) is 32.6 Å². The van der Waals surface area contributed by atoms with Crippen molar-refractivity contribution in [1.29, 1.82) is 10.5 Å². The van der Waals surface area contributed by atoms with E-state index >= 15 is 0 Å². The lowest BCUT2D eigenvalue weighted by atomic mass is 10.0. The summed E-state index contributed by atoms with van der Waals surface area (Å²) >= 11 is 0. The van der Waals surface area contributed by atoms with Crippen LogP contribution in [0.5, 0.6) is 0 Å². The summed E-state index contributed by atoms with van der Waals surface area (Å²) in [5.41, 5.74) is 1.92. The summed E-state index contributed by atoms with van der Waals surface area (Å²) in [4.78, 5) is 13.6. The zero-order valence-corrected chi connectivity index (χ0v) is 12.5. The predicted molar refractivity (Wildman–Crippen MR) is 81.6 cm³/mol. The Labute approximate surface area is 125 Å². The average Bonchev–Trinajstić information content (AvgIpc) is 2.47. The van der Waals surface area contributed by atoms with Gasteiger partial charge in [-0.25, -0.2) is 4.79 Å². The summed E-state index contributed by atoms with van der Waals surface area (Å²) in [6.45, 7) is 4.88. The zero-order chi connectivity index (χ0) is 15.7. The molecule has 0 aliphatic carbocycles. The van der Waals surface area contributed by atoms with Crippen LogP contribution in [0.4, 0.5) is 10.5 Å². The highest BCUT2D eigenvalue weighted by molar-refractivity contribution is 5.89. The molecule has 1 aromatic carbocycles. The maximum absolute atomic E-state index is 12.1. The summed E-state index contributed by atoms with van der Waals surface area (Å²) in [5.74, 6) is 0.442. The highest BCUT2D eigenvalue weighted by Crippen LogP contribution is 2.17. The Balaban J connectivity index is 2.67. The molecular weight excluding hydrogens is 264 g/mol. The highest BCUT2D eigenvalue weighted by Gasteiger charge is 2.13. The van der Waals surface area contributed by atoms with Gasteiger partial charge in [0.2, 0.25) is 0 Å². The number of hydrogen-bond acceptors (Lipinski definition) is 3. The molecule has 0 aliphatic heterocycles. The van der Waals surface area contributed by atoms with E-state index in [4.69, 9.17) is 10.5 Å². The van der Waals surface area contributed by atoms with Crippen LogP contribution in [0.15, 0.2) is 24.3 Å². The molecule has 0 unspecified atom stereocenters. The van der Waals surface area contributed by atoms with Crippen molar-refractivity contribution in [3.05, 3.63) is 29.8 Å². The Morgan fingerprint density at radius 2 is 1.67 bits per heavy atom. The molecule has 1 aromatic rings. The monoisotopic (exact) mass is 284 g/mol. The Morgan fingerprint density at radius 1 is 1.14 bits per heavy atom. The number of carbonyl (C=O) groups excluding carboxylic acids is 1. The topological polar surface area (TPSA) is 79.9 Å². The zero-order valence-electron chi connectivity index (χ0n) is 12.5. The SMILES string of the molecule is CC(C)c1ccc(NC(=O)N(CCC#N)CCC#N)cc1. The molecule has 0 bridgehead atoms. The van der Waals surface area contributed by atoms with Crippen LogP contribution >= 0.6 is 0 Å². The van der Waals surface area contributed by atoms with E-state index in [-0.39, 0.29) is 18.9 Å². The van der Waals surface area contributed by atoms with Crippen LogP contribution < -0.4 is 5.32 Å². The fourth-order valence-corrected chi connectivity index (χ4v) is 1.84. The van der Waals surface area contributed by atoms with Crippen molar-refractivity contribution >= 4 is 11.7 Å². The van der Waals surface area contributed by atoms with Gasteiger partial charge < -0.3 is 10.2 Å². The Morgan fingerprint density at radius 3 is 2.10 bits per heavy atom. The number of nitrogens with one attached hydrogen (secondary N) is 1. The molecule has 1 rings (SSSR count). The first kappa shape index (κ1) is 16.5. The number of benzene rings is 1. The summed E-state index contributed by atoms with van der Waals surface area (Å²) in [6, 6.07) is 11.4. The number of nitriles is 2. The third-order valence-corrected chi connectivity index (χ3v) is 3.10. The van der Waals surface area contributed by atoms with E-state index in [2.05, 4.69) is 19.2 Å². The van der Waals surface area contributed by atoms with Crippen LogP contribution in [0, 0.1) is 22.7 Å². The number of urea groups is 1. The second-order valence-electron chi connectivity index (χ2n) is 5.01. The maximum Gasteiger partial charge on any atom is 0.321 e. The van der Waals surface area contributed by atoms with Crippen molar-refractivity contribution in [1.82, 2.24) is 4.90 Å². The van der Waals surface area contributed by atoms with E-state index in [9.17, 15) is 4.79 Å². The molecule has 0 spiro atoms. The molecule has 110 valence electrons. The van der Waals surface area contributed by atoms with Gasteiger partial charge in [0.15, 0.2) is 0 Å². The summed E-state index contributed by atoms with van der Waals surface area (Å²) in [6.07, 6.45) is 0.510. The molecule has 0 saturated carbocycles. The second kappa shape index (κ2) is 8.60. The Hall–Kier alpha value is -2.53. The molecule has 5 nitrogen and oxygen atoms in total. The maximum atomic E-state index is 12.1. The van der Waals surface area contributed by atoms with E-state index in [0.29, 0.717) is 24.7 Å². The molecule has 2 amide bonds. The van der Waals surface area contributed by atoms with Crippen LogP contribution in [0.3, 0.4) is 0 Å². The van der Waals surface area contributed by atoms with Gasteiger partial charge in [-0.1, -0.05) is 26.0 Å². The molecule has 5 heteroatoms. The largest absolute Gasteiger partial charge is 0.322 e. The van der Waals surface area contributed by atoms with Crippen molar-refractivity contribution in [3.63, 3.8) is 0 Å². The van der Waals surface area contributed by atoms with Gasteiger partial charge in [-0.15, -0.1) is 0 Å². The lowest BCUT2D eigenvalue weighted by Gasteiger charge is -2.21. The number of hydrogen-bond donors (Lipinski definition) is 1. The lowest BCUT2D eigenvalue weighted by molar-refractivity contribution is 0.214. The third kappa shape index (κ3) is 5.54. The highest BCUT2D eigenvalue weighted by atomic mass is 16.2. The van der Waals surface area contributed by atoms with Crippen LogP contribution in [0.2, 0.25) is 0 Å². The fourth-order valence-electron chi connectivity index (χ4n) is 1.84. The molecule has 0 aliphatic rings. The lowest BCUT2D eigenvalue weighted by Crippen LogP contribution is -2.36. The van der Waals surface area contributed by atoms with Gasteiger partial charge in [0.1, 0.15) is 0 Å². The van der Waals surface area contributed by atoms with Gasteiger partial charge >= 0.3 is 6.03 Å².